The van der Waals surface area contributed by atoms with Crippen molar-refractivity contribution in [3.63, 3.8) is 0 Å². The van der Waals surface area contributed by atoms with E-state index in [0.717, 1.165) is 38.4 Å². The molecule has 1 N–H and O–H groups in total. The highest BCUT2D eigenvalue weighted by atomic mass is 35.5. The van der Waals surface area contributed by atoms with Crippen LogP contribution in [0.15, 0.2) is 48.5 Å². The van der Waals surface area contributed by atoms with E-state index < -0.39 is 0 Å². The fourth-order valence-corrected chi connectivity index (χ4v) is 3.48. The largest absolute Gasteiger partial charge is 0.507 e. The maximum atomic E-state index is 10.3. The monoisotopic (exact) mass is 410 g/mol. The number of nitrogens with zero attached hydrogens (tertiary/aromatic N) is 4. The molecular weight excluding hydrogens is 388 g/mol. The van der Waals surface area contributed by atoms with Crippen molar-refractivity contribution in [2.45, 2.75) is 6.54 Å². The number of morpholine rings is 1. The summed E-state index contributed by atoms with van der Waals surface area (Å²) in [4.78, 5) is 7.01. The molecule has 7 heteroatoms. The SMILES string of the molecule is Oc1ccccc1-c1nc(/C=C/c2ccccc2Cl)nn1CCN1CCOCC1. The van der Waals surface area contributed by atoms with Gasteiger partial charge in [0.15, 0.2) is 11.6 Å². The lowest BCUT2D eigenvalue weighted by Gasteiger charge is -2.26. The van der Waals surface area contributed by atoms with Gasteiger partial charge in [0.25, 0.3) is 0 Å². The van der Waals surface area contributed by atoms with Crippen LogP contribution in [0.3, 0.4) is 0 Å². The quantitative estimate of drug-likeness (QED) is 0.669. The zero-order chi connectivity index (χ0) is 20.1. The van der Waals surface area contributed by atoms with Crippen LogP contribution in [0.4, 0.5) is 0 Å². The Bertz CT molecular complexity index is 996. The topological polar surface area (TPSA) is 63.4 Å². The number of benzene rings is 2. The molecule has 150 valence electrons. The van der Waals surface area contributed by atoms with E-state index in [2.05, 4.69) is 15.0 Å². The summed E-state index contributed by atoms with van der Waals surface area (Å²) >= 11 is 6.23. The van der Waals surface area contributed by atoms with Gasteiger partial charge in [-0.1, -0.05) is 41.9 Å². The summed E-state index contributed by atoms with van der Waals surface area (Å²) in [6, 6.07) is 14.8. The van der Waals surface area contributed by atoms with E-state index in [1.54, 1.807) is 12.1 Å². The Morgan fingerprint density at radius 1 is 1.00 bits per heavy atom. The van der Waals surface area contributed by atoms with E-state index in [1.807, 2.05) is 53.2 Å². The van der Waals surface area contributed by atoms with E-state index in [4.69, 9.17) is 16.3 Å². The summed E-state index contributed by atoms with van der Waals surface area (Å²) < 4.78 is 7.28. The molecule has 0 amide bonds. The van der Waals surface area contributed by atoms with Crippen molar-refractivity contribution < 1.29 is 9.84 Å². The normalized spacial score (nSPS) is 15.2. The van der Waals surface area contributed by atoms with Crippen molar-refractivity contribution in [1.29, 1.82) is 0 Å². The Kier molecular flexibility index (Phi) is 6.24. The first-order valence-corrected chi connectivity index (χ1v) is 10.0. The lowest BCUT2D eigenvalue weighted by molar-refractivity contribution is 0.0360. The second-order valence-electron chi connectivity index (χ2n) is 6.84. The second-order valence-corrected chi connectivity index (χ2v) is 7.25. The lowest BCUT2D eigenvalue weighted by atomic mass is 10.2. The number of para-hydroxylation sites is 1. The molecule has 29 heavy (non-hydrogen) atoms. The van der Waals surface area contributed by atoms with E-state index in [1.165, 1.54) is 0 Å². The van der Waals surface area contributed by atoms with Gasteiger partial charge in [0.05, 0.1) is 25.3 Å². The van der Waals surface area contributed by atoms with Crippen molar-refractivity contribution >= 4 is 23.8 Å². The maximum absolute atomic E-state index is 10.3. The number of phenols is 1. The number of ether oxygens (including phenoxy) is 1. The molecule has 1 aliphatic heterocycles. The molecule has 0 bridgehead atoms. The molecule has 0 unspecified atom stereocenters. The van der Waals surface area contributed by atoms with Gasteiger partial charge in [0.1, 0.15) is 5.75 Å². The predicted octanol–water partition coefficient (Wildman–Crippen LogP) is 3.81. The molecule has 0 radical (unpaired) electrons. The second kappa shape index (κ2) is 9.22. The zero-order valence-corrected chi connectivity index (χ0v) is 16.8. The standard InChI is InChI=1S/C22H23ClN4O2/c23-19-7-3-1-5-17(19)9-10-21-24-22(18-6-2-4-8-20(18)28)27(25-21)12-11-26-13-15-29-16-14-26/h1-10,28H,11-16H2/b10-9+. The molecule has 2 heterocycles. The molecule has 0 spiro atoms. The van der Waals surface area contributed by atoms with Gasteiger partial charge in [0.2, 0.25) is 0 Å². The van der Waals surface area contributed by atoms with E-state index in [0.29, 0.717) is 28.8 Å². The summed E-state index contributed by atoms with van der Waals surface area (Å²) in [5.41, 5.74) is 1.57. The average molecular weight is 411 g/mol. The first-order chi connectivity index (χ1) is 14.2. The fourth-order valence-electron chi connectivity index (χ4n) is 3.28. The Hall–Kier alpha value is -2.67. The Morgan fingerprint density at radius 2 is 1.76 bits per heavy atom. The van der Waals surface area contributed by atoms with Crippen molar-refractivity contribution in [1.82, 2.24) is 19.7 Å². The highest BCUT2D eigenvalue weighted by Crippen LogP contribution is 2.27. The summed E-state index contributed by atoms with van der Waals surface area (Å²) in [6.45, 7) is 4.88. The van der Waals surface area contributed by atoms with E-state index in [-0.39, 0.29) is 5.75 Å². The number of aromatic hydroxyl groups is 1. The Morgan fingerprint density at radius 3 is 2.55 bits per heavy atom. The van der Waals surface area contributed by atoms with Crippen LogP contribution in [-0.2, 0) is 11.3 Å². The lowest BCUT2D eigenvalue weighted by Crippen LogP contribution is -2.38. The van der Waals surface area contributed by atoms with E-state index in [9.17, 15) is 5.11 Å². The summed E-state index contributed by atoms with van der Waals surface area (Å²) in [7, 11) is 0. The molecule has 0 atom stereocenters. The Balaban J connectivity index is 1.61. The fraction of sp³-hybridized carbons (Fsp3) is 0.273. The van der Waals surface area contributed by atoms with Crippen LogP contribution in [0.2, 0.25) is 5.02 Å². The van der Waals surface area contributed by atoms with Crippen LogP contribution in [-0.4, -0.2) is 57.6 Å². The van der Waals surface area contributed by atoms with Crippen molar-refractivity contribution in [3.8, 4) is 17.1 Å². The molecule has 0 aliphatic carbocycles. The molecule has 1 aromatic heterocycles. The zero-order valence-electron chi connectivity index (χ0n) is 16.0. The molecule has 1 fully saturated rings. The van der Waals surface area contributed by atoms with Gasteiger partial charge >= 0.3 is 0 Å². The molecule has 0 saturated carbocycles. The number of halogens is 1. The predicted molar refractivity (Wildman–Crippen MR) is 115 cm³/mol. The third-order valence-electron chi connectivity index (χ3n) is 4.88. The minimum absolute atomic E-state index is 0.189. The highest BCUT2D eigenvalue weighted by Gasteiger charge is 2.16. The molecule has 1 aliphatic rings. The summed E-state index contributed by atoms with van der Waals surface area (Å²) in [5, 5.41) is 15.7. The maximum Gasteiger partial charge on any atom is 0.174 e. The summed E-state index contributed by atoms with van der Waals surface area (Å²) in [5.74, 6) is 1.41. The highest BCUT2D eigenvalue weighted by molar-refractivity contribution is 6.32. The minimum atomic E-state index is 0.189. The van der Waals surface area contributed by atoms with Crippen LogP contribution in [0.1, 0.15) is 11.4 Å². The molecule has 6 nitrogen and oxygen atoms in total. The van der Waals surface area contributed by atoms with Crippen LogP contribution in [0.25, 0.3) is 23.5 Å². The molecule has 1 saturated heterocycles. The molecular formula is C22H23ClN4O2. The van der Waals surface area contributed by atoms with Crippen LogP contribution < -0.4 is 0 Å². The summed E-state index contributed by atoms with van der Waals surface area (Å²) in [6.07, 6.45) is 3.74. The Labute approximate surface area is 175 Å². The van der Waals surface area contributed by atoms with Crippen LogP contribution in [0.5, 0.6) is 5.75 Å². The van der Waals surface area contributed by atoms with E-state index >= 15 is 0 Å². The molecule has 3 aromatic rings. The first-order valence-electron chi connectivity index (χ1n) is 9.66. The van der Waals surface area contributed by atoms with Gasteiger partial charge in [-0.05, 0) is 35.9 Å². The van der Waals surface area contributed by atoms with Gasteiger partial charge in [-0.15, -0.1) is 0 Å². The van der Waals surface area contributed by atoms with Gasteiger partial charge in [-0.25, -0.2) is 9.67 Å². The molecule has 4 rings (SSSR count). The number of rotatable bonds is 6. The third-order valence-corrected chi connectivity index (χ3v) is 5.23. The third kappa shape index (κ3) is 4.85. The van der Waals surface area contributed by atoms with Gasteiger partial charge in [0, 0.05) is 24.7 Å². The van der Waals surface area contributed by atoms with Crippen LogP contribution in [0, 0.1) is 0 Å². The minimum Gasteiger partial charge on any atom is -0.507 e. The van der Waals surface area contributed by atoms with Gasteiger partial charge in [-0.2, -0.15) is 5.10 Å². The average Bonchev–Trinajstić information content (AvgIpc) is 3.15. The number of phenolic OH excluding ortho intramolecular Hbond substituents is 1. The number of hydrogen-bond acceptors (Lipinski definition) is 5. The van der Waals surface area contributed by atoms with Gasteiger partial charge in [-0.3, -0.25) is 4.90 Å². The van der Waals surface area contributed by atoms with Crippen molar-refractivity contribution in [2.24, 2.45) is 0 Å². The number of aromatic nitrogens is 3. The van der Waals surface area contributed by atoms with Crippen molar-refractivity contribution in [2.75, 3.05) is 32.8 Å². The van der Waals surface area contributed by atoms with Gasteiger partial charge < -0.3 is 9.84 Å². The first kappa shape index (κ1) is 19.6. The smallest absolute Gasteiger partial charge is 0.174 e. The van der Waals surface area contributed by atoms with Crippen LogP contribution >= 0.6 is 11.6 Å². The van der Waals surface area contributed by atoms with Crippen molar-refractivity contribution in [3.05, 3.63) is 64.9 Å². The molecule has 2 aromatic carbocycles. The number of hydrogen-bond donors (Lipinski definition) is 1.